The third-order valence-electron chi connectivity index (χ3n) is 5.57. The highest BCUT2D eigenvalue weighted by molar-refractivity contribution is 8.00. The van der Waals surface area contributed by atoms with Crippen molar-refractivity contribution in [3.8, 4) is 17.0 Å². The summed E-state index contributed by atoms with van der Waals surface area (Å²) in [6, 6.07) is 27.8. The molecule has 0 bridgehead atoms. The highest BCUT2D eigenvalue weighted by Crippen LogP contribution is 2.37. The first-order valence-corrected chi connectivity index (χ1v) is 13.4. The van der Waals surface area contributed by atoms with Crippen molar-refractivity contribution in [1.29, 1.82) is 0 Å². The van der Waals surface area contributed by atoms with Gasteiger partial charge in [0, 0.05) is 21.5 Å². The topological polar surface area (TPSA) is 93.5 Å². The van der Waals surface area contributed by atoms with Crippen LogP contribution < -0.4 is 15.4 Å². The zero-order valence-corrected chi connectivity index (χ0v) is 21.9. The number of carbonyl (C=O) groups excluding carboxylic acids is 2. The number of thioether (sulfide) groups is 1. The maximum absolute atomic E-state index is 13.4. The van der Waals surface area contributed by atoms with E-state index in [2.05, 4.69) is 15.6 Å². The standard InChI is InChI=1S/C29H23N3O4S2/c1-35-22-13-9-19(10-14-22)24-18-37-29(31-24)32-28(34)26(20-6-3-2-4-7-20)38-23-15-11-21(12-16-23)30-27(33)25-8-5-17-36-25/h2-18,26H,1H3,(H,30,33)(H,31,32,34). The molecular formula is C29H23N3O4S2. The summed E-state index contributed by atoms with van der Waals surface area (Å²) >= 11 is 2.80. The van der Waals surface area contributed by atoms with Gasteiger partial charge >= 0.3 is 0 Å². The summed E-state index contributed by atoms with van der Waals surface area (Å²) in [5.41, 5.74) is 3.22. The lowest BCUT2D eigenvalue weighted by Gasteiger charge is -2.16. The average Bonchev–Trinajstić information content (AvgIpc) is 3.66. The fourth-order valence-electron chi connectivity index (χ4n) is 3.65. The molecule has 2 N–H and O–H groups in total. The molecule has 2 amide bonds. The molecule has 3 aromatic carbocycles. The van der Waals surface area contributed by atoms with Crippen LogP contribution in [-0.2, 0) is 4.79 Å². The normalized spacial score (nSPS) is 11.5. The van der Waals surface area contributed by atoms with Gasteiger partial charge < -0.3 is 19.8 Å². The first-order chi connectivity index (χ1) is 18.6. The molecule has 0 radical (unpaired) electrons. The molecule has 5 rings (SSSR count). The van der Waals surface area contributed by atoms with E-state index in [9.17, 15) is 9.59 Å². The van der Waals surface area contributed by atoms with Gasteiger partial charge in [-0.1, -0.05) is 30.3 Å². The Labute approximate surface area is 227 Å². The fraction of sp³-hybridized carbons (Fsp3) is 0.0690. The molecule has 0 aliphatic carbocycles. The maximum Gasteiger partial charge on any atom is 0.291 e. The molecule has 38 heavy (non-hydrogen) atoms. The van der Waals surface area contributed by atoms with Crippen LogP contribution >= 0.6 is 23.1 Å². The van der Waals surface area contributed by atoms with Gasteiger partial charge in [-0.2, -0.15) is 0 Å². The van der Waals surface area contributed by atoms with Crippen LogP contribution in [0.15, 0.2) is 112 Å². The van der Waals surface area contributed by atoms with E-state index in [1.165, 1.54) is 29.4 Å². The molecule has 0 aliphatic rings. The predicted molar refractivity (Wildman–Crippen MR) is 151 cm³/mol. The number of methoxy groups -OCH3 is 1. The number of furan rings is 1. The summed E-state index contributed by atoms with van der Waals surface area (Å²) < 4.78 is 10.4. The van der Waals surface area contributed by atoms with E-state index < -0.39 is 5.25 Å². The summed E-state index contributed by atoms with van der Waals surface area (Å²) in [5, 5.41) is 7.72. The molecule has 0 fully saturated rings. The average molecular weight is 542 g/mol. The molecular weight excluding hydrogens is 518 g/mol. The highest BCUT2D eigenvalue weighted by atomic mass is 32.2. The van der Waals surface area contributed by atoms with Gasteiger partial charge in [-0.25, -0.2) is 4.98 Å². The van der Waals surface area contributed by atoms with Gasteiger partial charge in [0.05, 0.1) is 19.1 Å². The van der Waals surface area contributed by atoms with Gasteiger partial charge in [-0.15, -0.1) is 23.1 Å². The Morgan fingerprint density at radius 2 is 1.68 bits per heavy atom. The number of hydrogen-bond acceptors (Lipinski definition) is 7. The van der Waals surface area contributed by atoms with E-state index in [-0.39, 0.29) is 17.6 Å². The minimum atomic E-state index is -0.506. The summed E-state index contributed by atoms with van der Waals surface area (Å²) in [6.07, 6.45) is 1.45. The quantitative estimate of drug-likeness (QED) is 0.193. The van der Waals surface area contributed by atoms with Crippen LogP contribution in [-0.4, -0.2) is 23.9 Å². The second-order valence-electron chi connectivity index (χ2n) is 8.12. The molecule has 0 spiro atoms. The molecule has 9 heteroatoms. The molecule has 190 valence electrons. The third-order valence-corrected chi connectivity index (χ3v) is 7.60. The third kappa shape index (κ3) is 6.13. The summed E-state index contributed by atoms with van der Waals surface area (Å²) in [5.74, 6) is 0.510. The predicted octanol–water partition coefficient (Wildman–Crippen LogP) is 7.14. The molecule has 0 saturated heterocycles. The van der Waals surface area contributed by atoms with Crippen molar-refractivity contribution < 1.29 is 18.7 Å². The van der Waals surface area contributed by atoms with Gasteiger partial charge in [0.1, 0.15) is 11.0 Å². The van der Waals surface area contributed by atoms with E-state index in [1.54, 1.807) is 31.4 Å². The van der Waals surface area contributed by atoms with E-state index in [0.717, 1.165) is 27.5 Å². The molecule has 0 aliphatic heterocycles. The summed E-state index contributed by atoms with van der Waals surface area (Å²) in [4.78, 5) is 31.2. The minimum absolute atomic E-state index is 0.174. The molecule has 0 saturated carbocycles. The largest absolute Gasteiger partial charge is 0.497 e. The first-order valence-electron chi connectivity index (χ1n) is 11.7. The van der Waals surface area contributed by atoms with Crippen LogP contribution in [0.25, 0.3) is 11.3 Å². The zero-order chi connectivity index (χ0) is 26.3. The van der Waals surface area contributed by atoms with Crippen molar-refractivity contribution >= 4 is 45.7 Å². The SMILES string of the molecule is COc1ccc(-c2csc(NC(=O)C(Sc3ccc(NC(=O)c4ccco4)cc3)c3ccccc3)n2)cc1. The maximum atomic E-state index is 13.4. The van der Waals surface area contributed by atoms with E-state index in [1.807, 2.05) is 72.1 Å². The summed E-state index contributed by atoms with van der Waals surface area (Å²) in [6.45, 7) is 0. The second kappa shape index (κ2) is 11.8. The Bertz CT molecular complexity index is 1500. The van der Waals surface area contributed by atoms with Crippen molar-refractivity contribution in [2.24, 2.45) is 0 Å². The van der Waals surface area contributed by atoms with Crippen molar-refractivity contribution in [3.05, 3.63) is 114 Å². The van der Waals surface area contributed by atoms with E-state index >= 15 is 0 Å². The number of nitrogens with one attached hydrogen (secondary N) is 2. The number of thiazole rings is 1. The Morgan fingerprint density at radius 3 is 2.37 bits per heavy atom. The van der Waals surface area contributed by atoms with Gasteiger partial charge in [0.2, 0.25) is 5.91 Å². The van der Waals surface area contributed by atoms with Gasteiger partial charge in [0.15, 0.2) is 10.9 Å². The molecule has 2 heterocycles. The van der Waals surface area contributed by atoms with Crippen molar-refractivity contribution in [3.63, 3.8) is 0 Å². The number of ether oxygens (including phenoxy) is 1. The number of anilines is 2. The first kappa shape index (κ1) is 25.3. The lowest BCUT2D eigenvalue weighted by molar-refractivity contribution is -0.115. The Balaban J connectivity index is 1.29. The van der Waals surface area contributed by atoms with Crippen molar-refractivity contribution in [2.45, 2.75) is 10.1 Å². The van der Waals surface area contributed by atoms with Gasteiger partial charge in [-0.05, 0) is 66.2 Å². The number of amides is 2. The van der Waals surface area contributed by atoms with Gasteiger partial charge in [0.25, 0.3) is 5.91 Å². The van der Waals surface area contributed by atoms with Crippen molar-refractivity contribution in [2.75, 3.05) is 17.7 Å². The highest BCUT2D eigenvalue weighted by Gasteiger charge is 2.23. The minimum Gasteiger partial charge on any atom is -0.497 e. The van der Waals surface area contributed by atoms with Gasteiger partial charge in [-0.3, -0.25) is 9.59 Å². The van der Waals surface area contributed by atoms with Crippen LogP contribution in [0.1, 0.15) is 21.4 Å². The van der Waals surface area contributed by atoms with Crippen LogP contribution in [0.5, 0.6) is 5.75 Å². The molecule has 5 aromatic rings. The van der Waals surface area contributed by atoms with Crippen LogP contribution in [0.3, 0.4) is 0 Å². The molecule has 1 unspecified atom stereocenters. The smallest absolute Gasteiger partial charge is 0.291 e. The van der Waals surface area contributed by atoms with Crippen molar-refractivity contribution in [1.82, 2.24) is 4.98 Å². The van der Waals surface area contributed by atoms with Crippen LogP contribution in [0.4, 0.5) is 10.8 Å². The van der Waals surface area contributed by atoms with Crippen LogP contribution in [0, 0.1) is 0 Å². The number of benzene rings is 3. The van der Waals surface area contributed by atoms with Crippen LogP contribution in [0.2, 0.25) is 0 Å². The molecule has 2 aromatic heterocycles. The lowest BCUT2D eigenvalue weighted by atomic mass is 10.1. The number of rotatable bonds is 9. The number of nitrogens with zero attached hydrogens (tertiary/aromatic N) is 1. The monoisotopic (exact) mass is 541 g/mol. The van der Waals surface area contributed by atoms with E-state index in [0.29, 0.717) is 10.8 Å². The Kier molecular flexibility index (Phi) is 7.86. The number of carbonyl (C=O) groups is 2. The lowest BCUT2D eigenvalue weighted by Crippen LogP contribution is -2.19. The Hall–Kier alpha value is -4.34. The molecule has 7 nitrogen and oxygen atoms in total. The number of hydrogen-bond donors (Lipinski definition) is 2. The number of aromatic nitrogens is 1. The van der Waals surface area contributed by atoms with E-state index in [4.69, 9.17) is 9.15 Å². The summed E-state index contributed by atoms with van der Waals surface area (Å²) in [7, 11) is 1.63. The molecule has 1 atom stereocenters. The zero-order valence-electron chi connectivity index (χ0n) is 20.3. The Morgan fingerprint density at radius 1 is 0.921 bits per heavy atom. The second-order valence-corrected chi connectivity index (χ2v) is 10.2. The fourth-order valence-corrected chi connectivity index (χ4v) is 5.40.